The average molecular weight is 324 g/mol. The Morgan fingerprint density at radius 1 is 1.53 bits per heavy atom. The highest BCUT2D eigenvalue weighted by molar-refractivity contribution is 9.10. The second kappa shape index (κ2) is 5.40. The van der Waals surface area contributed by atoms with E-state index in [0.29, 0.717) is 21.5 Å². The van der Waals surface area contributed by atoms with Crippen LogP contribution in [0.15, 0.2) is 29.0 Å². The molecule has 0 radical (unpaired) electrons. The summed E-state index contributed by atoms with van der Waals surface area (Å²) in [6.45, 7) is 1.85. The van der Waals surface area contributed by atoms with Gasteiger partial charge in [-0.1, -0.05) is 0 Å². The van der Waals surface area contributed by atoms with Crippen LogP contribution in [0.2, 0.25) is 0 Å². The van der Waals surface area contributed by atoms with E-state index in [0.717, 1.165) is 0 Å². The fourth-order valence-electron chi connectivity index (χ4n) is 1.74. The maximum Gasteiger partial charge on any atom is 0.253 e. The SMILES string of the molecule is CC(NC(=O)c1cc(N)ccc1Br)c1nncn1C. The van der Waals surface area contributed by atoms with Gasteiger partial charge < -0.3 is 15.6 Å². The summed E-state index contributed by atoms with van der Waals surface area (Å²) in [4.78, 5) is 12.2. The molecule has 0 fully saturated rings. The van der Waals surface area contributed by atoms with Crippen LogP contribution in [0.25, 0.3) is 0 Å². The first-order valence-corrected chi connectivity index (χ1v) is 6.48. The van der Waals surface area contributed by atoms with Crippen molar-refractivity contribution in [2.45, 2.75) is 13.0 Å². The van der Waals surface area contributed by atoms with Gasteiger partial charge in [-0.3, -0.25) is 4.79 Å². The average Bonchev–Trinajstić information content (AvgIpc) is 2.78. The zero-order chi connectivity index (χ0) is 14.0. The van der Waals surface area contributed by atoms with Crippen molar-refractivity contribution in [2.75, 3.05) is 5.73 Å². The van der Waals surface area contributed by atoms with E-state index in [-0.39, 0.29) is 11.9 Å². The molecule has 100 valence electrons. The number of aryl methyl sites for hydroxylation is 1. The zero-order valence-electron chi connectivity index (χ0n) is 10.6. The van der Waals surface area contributed by atoms with E-state index in [1.165, 1.54) is 0 Å². The first kappa shape index (κ1) is 13.5. The highest BCUT2D eigenvalue weighted by atomic mass is 79.9. The van der Waals surface area contributed by atoms with Gasteiger partial charge in [-0.2, -0.15) is 0 Å². The van der Waals surface area contributed by atoms with E-state index < -0.39 is 0 Å². The summed E-state index contributed by atoms with van der Waals surface area (Å²) in [5.41, 5.74) is 6.72. The molecular weight excluding hydrogens is 310 g/mol. The normalized spacial score (nSPS) is 12.2. The summed E-state index contributed by atoms with van der Waals surface area (Å²) in [5, 5.41) is 10.6. The lowest BCUT2D eigenvalue weighted by Gasteiger charge is -2.14. The van der Waals surface area contributed by atoms with Gasteiger partial charge >= 0.3 is 0 Å². The number of carbonyl (C=O) groups excluding carboxylic acids is 1. The number of nitrogens with one attached hydrogen (secondary N) is 1. The summed E-state index contributed by atoms with van der Waals surface area (Å²) < 4.78 is 2.46. The molecule has 0 spiro atoms. The van der Waals surface area contributed by atoms with Crippen LogP contribution in [0.5, 0.6) is 0 Å². The molecule has 2 rings (SSSR count). The van der Waals surface area contributed by atoms with E-state index in [1.54, 1.807) is 29.1 Å². The van der Waals surface area contributed by atoms with Gasteiger partial charge in [-0.05, 0) is 41.1 Å². The number of nitrogen functional groups attached to an aromatic ring is 1. The maximum absolute atomic E-state index is 12.2. The minimum atomic E-state index is -0.242. The van der Waals surface area contributed by atoms with E-state index in [4.69, 9.17) is 5.73 Å². The molecule has 0 aliphatic rings. The van der Waals surface area contributed by atoms with Gasteiger partial charge in [0.15, 0.2) is 5.82 Å². The second-order valence-electron chi connectivity index (χ2n) is 4.23. The molecule has 1 unspecified atom stereocenters. The van der Waals surface area contributed by atoms with Gasteiger partial charge in [0, 0.05) is 17.2 Å². The van der Waals surface area contributed by atoms with Crippen molar-refractivity contribution in [3.05, 3.63) is 40.4 Å². The van der Waals surface area contributed by atoms with Crippen molar-refractivity contribution in [2.24, 2.45) is 7.05 Å². The van der Waals surface area contributed by atoms with Gasteiger partial charge in [-0.25, -0.2) is 0 Å². The van der Waals surface area contributed by atoms with Crippen LogP contribution < -0.4 is 11.1 Å². The Balaban J connectivity index is 2.17. The summed E-state index contributed by atoms with van der Waals surface area (Å²) in [6.07, 6.45) is 1.59. The number of nitrogens with zero attached hydrogens (tertiary/aromatic N) is 3. The Labute approximate surface area is 119 Å². The van der Waals surface area contributed by atoms with Gasteiger partial charge in [0.2, 0.25) is 0 Å². The quantitative estimate of drug-likeness (QED) is 0.841. The van der Waals surface area contributed by atoms with Gasteiger partial charge in [0.05, 0.1) is 11.6 Å². The van der Waals surface area contributed by atoms with E-state index in [9.17, 15) is 4.79 Å². The molecule has 1 aromatic carbocycles. The standard InChI is InChI=1S/C12H14BrN5O/c1-7(11-17-15-6-18(11)2)16-12(19)9-5-8(14)3-4-10(9)13/h3-7H,14H2,1-2H3,(H,16,19). The number of hydrogen-bond donors (Lipinski definition) is 2. The fraction of sp³-hybridized carbons (Fsp3) is 0.250. The molecule has 0 bridgehead atoms. The fourth-order valence-corrected chi connectivity index (χ4v) is 2.17. The van der Waals surface area contributed by atoms with Crippen LogP contribution in [0, 0.1) is 0 Å². The summed E-state index contributed by atoms with van der Waals surface area (Å²) in [5.74, 6) is 0.475. The first-order chi connectivity index (χ1) is 8.99. The van der Waals surface area contributed by atoms with E-state index in [1.807, 2.05) is 14.0 Å². The third kappa shape index (κ3) is 2.93. The monoisotopic (exact) mass is 323 g/mol. The maximum atomic E-state index is 12.2. The predicted molar refractivity (Wildman–Crippen MR) is 75.4 cm³/mol. The zero-order valence-corrected chi connectivity index (χ0v) is 12.2. The highest BCUT2D eigenvalue weighted by Crippen LogP contribution is 2.20. The van der Waals surface area contributed by atoms with Crippen LogP contribution in [-0.2, 0) is 7.05 Å². The Bertz CT molecular complexity index is 610. The van der Waals surface area contributed by atoms with Crippen LogP contribution in [-0.4, -0.2) is 20.7 Å². The number of hydrogen-bond acceptors (Lipinski definition) is 4. The molecular formula is C12H14BrN5O. The topological polar surface area (TPSA) is 85.8 Å². The van der Waals surface area contributed by atoms with E-state index >= 15 is 0 Å². The molecule has 0 saturated carbocycles. The van der Waals surface area contributed by atoms with Crippen molar-refractivity contribution >= 4 is 27.5 Å². The Morgan fingerprint density at radius 3 is 2.89 bits per heavy atom. The van der Waals surface area contributed by atoms with E-state index in [2.05, 4.69) is 31.4 Å². The lowest BCUT2D eigenvalue weighted by Crippen LogP contribution is -2.28. The molecule has 7 heteroatoms. The Hall–Kier alpha value is -1.89. The van der Waals surface area contributed by atoms with Crippen LogP contribution in [0.3, 0.4) is 0 Å². The Morgan fingerprint density at radius 2 is 2.26 bits per heavy atom. The van der Waals surface area contributed by atoms with Gasteiger partial charge in [0.1, 0.15) is 6.33 Å². The number of carbonyl (C=O) groups is 1. The largest absolute Gasteiger partial charge is 0.399 e. The van der Waals surface area contributed by atoms with Crippen molar-refractivity contribution < 1.29 is 4.79 Å². The van der Waals surface area contributed by atoms with Crippen LogP contribution >= 0.6 is 15.9 Å². The number of halogens is 1. The lowest BCUT2D eigenvalue weighted by atomic mass is 10.1. The number of rotatable bonds is 3. The molecule has 1 atom stereocenters. The molecule has 1 heterocycles. The van der Waals surface area contributed by atoms with Crippen molar-refractivity contribution in [3.63, 3.8) is 0 Å². The van der Waals surface area contributed by atoms with Crippen molar-refractivity contribution in [3.8, 4) is 0 Å². The molecule has 0 aliphatic heterocycles. The molecule has 6 nitrogen and oxygen atoms in total. The minimum Gasteiger partial charge on any atom is -0.399 e. The van der Waals surface area contributed by atoms with Gasteiger partial charge in [0.25, 0.3) is 5.91 Å². The summed E-state index contributed by atoms with van der Waals surface area (Å²) in [6, 6.07) is 4.86. The van der Waals surface area contributed by atoms with Crippen molar-refractivity contribution in [1.82, 2.24) is 20.1 Å². The Kier molecular flexibility index (Phi) is 3.84. The van der Waals surface area contributed by atoms with Gasteiger partial charge in [-0.15, -0.1) is 10.2 Å². The van der Waals surface area contributed by atoms with Crippen molar-refractivity contribution in [1.29, 1.82) is 0 Å². The minimum absolute atomic E-state index is 0.213. The first-order valence-electron chi connectivity index (χ1n) is 5.69. The second-order valence-corrected chi connectivity index (χ2v) is 5.09. The molecule has 0 saturated heterocycles. The number of benzene rings is 1. The smallest absolute Gasteiger partial charge is 0.253 e. The molecule has 0 aliphatic carbocycles. The predicted octanol–water partition coefficient (Wildman–Crippen LogP) is 1.65. The third-order valence-electron chi connectivity index (χ3n) is 2.72. The molecule has 2 aromatic rings. The molecule has 1 aromatic heterocycles. The molecule has 19 heavy (non-hydrogen) atoms. The third-order valence-corrected chi connectivity index (χ3v) is 3.41. The summed E-state index contributed by atoms with van der Waals surface area (Å²) >= 11 is 3.33. The lowest BCUT2D eigenvalue weighted by molar-refractivity contribution is 0.0937. The van der Waals surface area contributed by atoms with Crippen LogP contribution in [0.4, 0.5) is 5.69 Å². The number of amides is 1. The number of nitrogens with two attached hydrogens (primary N) is 1. The summed E-state index contributed by atoms with van der Waals surface area (Å²) in [7, 11) is 1.83. The number of aromatic nitrogens is 3. The highest BCUT2D eigenvalue weighted by Gasteiger charge is 2.17. The molecule has 3 N–H and O–H groups in total. The molecule has 1 amide bonds. The van der Waals surface area contributed by atoms with Crippen LogP contribution in [0.1, 0.15) is 29.1 Å². The number of anilines is 1.